The number of rotatable bonds is 3. The van der Waals surface area contributed by atoms with Crippen molar-refractivity contribution in [3.05, 3.63) is 58.4 Å². The predicted octanol–water partition coefficient (Wildman–Crippen LogP) is 3.13. The molecule has 0 aliphatic heterocycles. The minimum Gasteiger partial charge on any atom is -0.495 e. The van der Waals surface area contributed by atoms with Gasteiger partial charge in [-0.3, -0.25) is 4.98 Å². The number of methoxy groups -OCH3 is 1. The van der Waals surface area contributed by atoms with Crippen molar-refractivity contribution >= 4 is 11.6 Å². The average molecular weight is 264 g/mol. The summed E-state index contributed by atoms with van der Waals surface area (Å²) >= 11 is 6.05. The highest BCUT2D eigenvalue weighted by Gasteiger charge is 2.15. The molecule has 0 spiro atoms. The molecule has 0 amide bonds. The summed E-state index contributed by atoms with van der Waals surface area (Å²) in [7, 11) is 1.57. The molecule has 0 radical (unpaired) electrons. The molecule has 1 heterocycles. The van der Waals surface area contributed by atoms with Gasteiger partial charge >= 0.3 is 0 Å². The Kier molecular flexibility index (Phi) is 3.84. The molecule has 1 unspecified atom stereocenters. The third-order valence-corrected chi connectivity index (χ3v) is 3.30. The Balaban J connectivity index is 2.41. The van der Waals surface area contributed by atoms with Crippen LogP contribution in [-0.4, -0.2) is 17.2 Å². The van der Waals surface area contributed by atoms with E-state index in [0.29, 0.717) is 16.3 Å². The number of hydrogen-bond donors (Lipinski definition) is 1. The van der Waals surface area contributed by atoms with Crippen molar-refractivity contribution in [2.24, 2.45) is 0 Å². The number of halogens is 1. The van der Waals surface area contributed by atoms with Gasteiger partial charge in [-0.05, 0) is 30.2 Å². The molecule has 0 saturated carbocycles. The lowest BCUT2D eigenvalue weighted by Gasteiger charge is -2.15. The second-order valence-electron chi connectivity index (χ2n) is 4.01. The van der Waals surface area contributed by atoms with Gasteiger partial charge in [0.15, 0.2) is 0 Å². The molecular formula is C14H14ClNO2. The van der Waals surface area contributed by atoms with Crippen molar-refractivity contribution in [2.45, 2.75) is 13.0 Å². The van der Waals surface area contributed by atoms with E-state index in [2.05, 4.69) is 4.98 Å². The Hall–Kier alpha value is -1.58. The zero-order chi connectivity index (χ0) is 13.1. The van der Waals surface area contributed by atoms with Crippen LogP contribution in [0.5, 0.6) is 5.75 Å². The maximum atomic E-state index is 10.4. The fourth-order valence-electron chi connectivity index (χ4n) is 1.80. The summed E-state index contributed by atoms with van der Waals surface area (Å²) in [6.07, 6.45) is 2.46. The van der Waals surface area contributed by atoms with Crippen LogP contribution in [0, 0.1) is 6.92 Å². The number of aromatic nitrogens is 1. The minimum atomic E-state index is -0.758. The van der Waals surface area contributed by atoms with Crippen molar-refractivity contribution in [2.75, 3.05) is 7.11 Å². The lowest BCUT2D eigenvalue weighted by molar-refractivity contribution is 0.218. The smallest absolute Gasteiger partial charge is 0.137 e. The van der Waals surface area contributed by atoms with Gasteiger partial charge in [0.2, 0.25) is 0 Å². The summed E-state index contributed by atoms with van der Waals surface area (Å²) < 4.78 is 5.10. The Labute approximate surface area is 111 Å². The maximum absolute atomic E-state index is 10.4. The first-order valence-corrected chi connectivity index (χ1v) is 5.93. The van der Waals surface area contributed by atoms with Crippen molar-refractivity contribution < 1.29 is 9.84 Å². The van der Waals surface area contributed by atoms with Crippen LogP contribution in [0.2, 0.25) is 5.02 Å². The summed E-state index contributed by atoms with van der Waals surface area (Å²) in [6, 6.07) is 7.24. The highest BCUT2D eigenvalue weighted by atomic mass is 35.5. The molecule has 1 aromatic heterocycles. The second kappa shape index (κ2) is 5.38. The van der Waals surface area contributed by atoms with Crippen LogP contribution >= 0.6 is 11.6 Å². The zero-order valence-electron chi connectivity index (χ0n) is 10.2. The zero-order valence-corrected chi connectivity index (χ0v) is 11.0. The molecule has 1 atom stereocenters. The molecule has 0 bridgehead atoms. The molecule has 0 aliphatic carbocycles. The van der Waals surface area contributed by atoms with Crippen LogP contribution in [-0.2, 0) is 0 Å². The number of nitrogens with zero attached hydrogens (tertiary/aromatic N) is 1. The Morgan fingerprint density at radius 2 is 2.11 bits per heavy atom. The lowest BCUT2D eigenvalue weighted by atomic mass is 9.98. The van der Waals surface area contributed by atoms with Gasteiger partial charge < -0.3 is 9.84 Å². The van der Waals surface area contributed by atoms with E-state index in [1.807, 2.05) is 19.1 Å². The largest absolute Gasteiger partial charge is 0.495 e. The minimum absolute atomic E-state index is 0.617. The molecular weight excluding hydrogens is 250 g/mol. The van der Waals surface area contributed by atoms with Gasteiger partial charge in [0.25, 0.3) is 0 Å². The third-order valence-electron chi connectivity index (χ3n) is 2.89. The standard InChI is InChI=1S/C14H14ClNO2/c1-9-12(4-3-5-13(9)15)14(17)10-6-11(18-2)8-16-7-10/h3-8,14,17H,1-2H3. The number of aliphatic hydroxyl groups excluding tert-OH is 1. The SMILES string of the molecule is COc1cncc(C(O)c2cccc(Cl)c2C)c1. The molecule has 2 aromatic rings. The average Bonchev–Trinajstić information content (AvgIpc) is 2.41. The molecule has 0 fully saturated rings. The van der Waals surface area contributed by atoms with Gasteiger partial charge in [0.05, 0.1) is 13.3 Å². The Morgan fingerprint density at radius 1 is 1.33 bits per heavy atom. The lowest BCUT2D eigenvalue weighted by Crippen LogP contribution is -2.03. The molecule has 0 aliphatic rings. The number of ether oxygens (including phenoxy) is 1. The van der Waals surface area contributed by atoms with Gasteiger partial charge in [-0.25, -0.2) is 0 Å². The predicted molar refractivity (Wildman–Crippen MR) is 71.0 cm³/mol. The summed E-state index contributed by atoms with van der Waals surface area (Å²) in [5, 5.41) is 11.0. The van der Waals surface area contributed by atoms with Crippen LogP contribution < -0.4 is 4.74 Å². The monoisotopic (exact) mass is 263 g/mol. The highest BCUT2D eigenvalue weighted by Crippen LogP contribution is 2.29. The molecule has 4 heteroatoms. The Bertz CT molecular complexity index is 557. The van der Waals surface area contributed by atoms with Crippen LogP contribution in [0.15, 0.2) is 36.7 Å². The van der Waals surface area contributed by atoms with Crippen molar-refractivity contribution in [1.82, 2.24) is 4.98 Å². The Morgan fingerprint density at radius 3 is 2.83 bits per heavy atom. The number of aliphatic hydroxyl groups is 1. The van der Waals surface area contributed by atoms with E-state index in [9.17, 15) is 5.11 Å². The molecule has 18 heavy (non-hydrogen) atoms. The molecule has 0 saturated heterocycles. The van der Waals surface area contributed by atoms with Crippen LogP contribution in [0.3, 0.4) is 0 Å². The van der Waals surface area contributed by atoms with Gasteiger partial charge in [-0.1, -0.05) is 23.7 Å². The first-order chi connectivity index (χ1) is 8.63. The van der Waals surface area contributed by atoms with Crippen molar-refractivity contribution in [3.63, 3.8) is 0 Å². The van der Waals surface area contributed by atoms with Gasteiger partial charge in [-0.2, -0.15) is 0 Å². The molecule has 2 rings (SSSR count). The topological polar surface area (TPSA) is 42.4 Å². The van der Waals surface area contributed by atoms with E-state index in [0.717, 1.165) is 11.1 Å². The maximum Gasteiger partial charge on any atom is 0.137 e. The van der Waals surface area contributed by atoms with E-state index < -0.39 is 6.10 Å². The van der Waals surface area contributed by atoms with Gasteiger partial charge in [0, 0.05) is 16.8 Å². The van der Waals surface area contributed by atoms with Gasteiger partial charge in [-0.15, -0.1) is 0 Å². The summed E-state index contributed by atoms with van der Waals surface area (Å²) in [6.45, 7) is 1.88. The number of pyridine rings is 1. The molecule has 3 nitrogen and oxygen atoms in total. The van der Waals surface area contributed by atoms with Crippen LogP contribution in [0.1, 0.15) is 22.8 Å². The number of benzene rings is 1. The van der Waals surface area contributed by atoms with Gasteiger partial charge in [0.1, 0.15) is 11.9 Å². The molecule has 94 valence electrons. The quantitative estimate of drug-likeness (QED) is 0.925. The van der Waals surface area contributed by atoms with E-state index >= 15 is 0 Å². The highest BCUT2D eigenvalue weighted by molar-refractivity contribution is 6.31. The third kappa shape index (κ3) is 2.47. The summed E-state index contributed by atoms with van der Waals surface area (Å²) in [4.78, 5) is 4.04. The number of hydrogen-bond acceptors (Lipinski definition) is 3. The second-order valence-corrected chi connectivity index (χ2v) is 4.42. The fourth-order valence-corrected chi connectivity index (χ4v) is 1.98. The summed E-state index contributed by atoms with van der Waals surface area (Å²) in [5.74, 6) is 0.617. The fraction of sp³-hybridized carbons (Fsp3) is 0.214. The first-order valence-electron chi connectivity index (χ1n) is 5.55. The van der Waals surface area contributed by atoms with E-state index in [1.165, 1.54) is 0 Å². The van der Waals surface area contributed by atoms with E-state index in [-0.39, 0.29) is 0 Å². The molecule has 1 N–H and O–H groups in total. The van der Waals surface area contributed by atoms with Crippen molar-refractivity contribution in [3.8, 4) is 5.75 Å². The normalized spacial score (nSPS) is 12.2. The first kappa shape index (κ1) is 12.9. The van der Waals surface area contributed by atoms with Crippen molar-refractivity contribution in [1.29, 1.82) is 0 Å². The van der Waals surface area contributed by atoms with Crippen LogP contribution in [0.25, 0.3) is 0 Å². The van der Waals surface area contributed by atoms with E-state index in [1.54, 1.807) is 31.6 Å². The summed E-state index contributed by atoms with van der Waals surface area (Å²) in [5.41, 5.74) is 2.33. The van der Waals surface area contributed by atoms with E-state index in [4.69, 9.17) is 16.3 Å². The molecule has 1 aromatic carbocycles. The van der Waals surface area contributed by atoms with Crippen LogP contribution in [0.4, 0.5) is 0 Å².